The van der Waals surface area contributed by atoms with Crippen molar-refractivity contribution >= 4 is 29.9 Å². The molecule has 7 heteroatoms. The lowest BCUT2D eigenvalue weighted by Crippen LogP contribution is -2.36. The van der Waals surface area contributed by atoms with E-state index in [9.17, 15) is 0 Å². The molecule has 0 heterocycles. The molecule has 0 saturated carbocycles. The van der Waals surface area contributed by atoms with Gasteiger partial charge in [-0.05, 0) is 37.1 Å². The Kier molecular flexibility index (Phi) is 10.5. The number of ether oxygens (including phenoxy) is 3. The van der Waals surface area contributed by atoms with Crippen LogP contribution in [0.2, 0.25) is 0 Å². The molecule has 154 valence electrons. The zero-order valence-corrected chi connectivity index (χ0v) is 19.5. The average Bonchev–Trinajstić information content (AvgIpc) is 2.69. The fraction of sp³-hybridized carbons (Fsp3) is 0.381. The van der Waals surface area contributed by atoms with Gasteiger partial charge in [0, 0.05) is 13.1 Å². The van der Waals surface area contributed by atoms with Crippen LogP contribution in [0.1, 0.15) is 23.6 Å². The maximum Gasteiger partial charge on any atom is 0.203 e. The number of hydrogen-bond donors (Lipinski definition) is 2. The highest BCUT2D eigenvalue weighted by Gasteiger charge is 2.13. The van der Waals surface area contributed by atoms with E-state index in [1.54, 1.807) is 21.3 Å². The number of aliphatic imine (C=N–C) groups is 1. The second-order valence-corrected chi connectivity index (χ2v) is 6.07. The molecule has 2 N–H and O–H groups in total. The molecule has 28 heavy (non-hydrogen) atoms. The summed E-state index contributed by atoms with van der Waals surface area (Å²) in [7, 11) is 4.81. The molecule has 0 aliphatic carbocycles. The largest absolute Gasteiger partial charge is 0.493 e. The van der Waals surface area contributed by atoms with Gasteiger partial charge in [0.1, 0.15) is 0 Å². The van der Waals surface area contributed by atoms with Gasteiger partial charge in [-0.25, -0.2) is 4.99 Å². The smallest absolute Gasteiger partial charge is 0.203 e. The number of rotatable bonds is 8. The quantitative estimate of drug-likeness (QED) is 0.328. The van der Waals surface area contributed by atoms with Crippen molar-refractivity contribution in [3.8, 4) is 17.2 Å². The Morgan fingerprint density at radius 2 is 1.61 bits per heavy atom. The summed E-state index contributed by atoms with van der Waals surface area (Å²) in [5.41, 5.74) is 3.43. The predicted molar refractivity (Wildman–Crippen MR) is 124 cm³/mol. The maximum absolute atomic E-state index is 5.41. The van der Waals surface area contributed by atoms with Gasteiger partial charge in [-0.15, -0.1) is 24.0 Å². The zero-order chi connectivity index (χ0) is 19.6. The van der Waals surface area contributed by atoms with Crippen LogP contribution < -0.4 is 24.8 Å². The predicted octanol–water partition coefficient (Wildman–Crippen LogP) is 3.89. The number of guanidine groups is 1. The van der Waals surface area contributed by atoms with Gasteiger partial charge < -0.3 is 24.8 Å². The summed E-state index contributed by atoms with van der Waals surface area (Å²) in [5.74, 6) is 2.59. The molecule has 0 fully saturated rings. The van der Waals surface area contributed by atoms with Crippen LogP contribution in [0.4, 0.5) is 0 Å². The third kappa shape index (κ3) is 6.78. The first kappa shape index (κ1) is 23.9. The Hall–Kier alpha value is -2.16. The van der Waals surface area contributed by atoms with E-state index in [0.29, 0.717) is 30.3 Å². The minimum absolute atomic E-state index is 0. The minimum Gasteiger partial charge on any atom is -0.493 e. The average molecular weight is 499 g/mol. The van der Waals surface area contributed by atoms with Crippen molar-refractivity contribution < 1.29 is 14.2 Å². The summed E-state index contributed by atoms with van der Waals surface area (Å²) in [6.07, 6.45) is 0. The molecular weight excluding hydrogens is 469 g/mol. The highest BCUT2D eigenvalue weighted by Crippen LogP contribution is 2.38. The maximum atomic E-state index is 5.41. The topological polar surface area (TPSA) is 64.1 Å². The van der Waals surface area contributed by atoms with Crippen LogP contribution in [-0.2, 0) is 13.1 Å². The number of benzene rings is 2. The van der Waals surface area contributed by atoms with E-state index in [1.165, 1.54) is 11.1 Å². The Morgan fingerprint density at radius 3 is 2.14 bits per heavy atom. The summed E-state index contributed by atoms with van der Waals surface area (Å²) >= 11 is 0. The van der Waals surface area contributed by atoms with Crippen LogP contribution >= 0.6 is 24.0 Å². The van der Waals surface area contributed by atoms with Crippen molar-refractivity contribution in [1.29, 1.82) is 0 Å². The first-order valence-corrected chi connectivity index (χ1v) is 8.97. The van der Waals surface area contributed by atoms with E-state index in [0.717, 1.165) is 18.1 Å². The molecule has 6 nitrogen and oxygen atoms in total. The third-order valence-corrected chi connectivity index (χ3v) is 4.03. The first-order valence-electron chi connectivity index (χ1n) is 8.97. The minimum atomic E-state index is 0. The Morgan fingerprint density at radius 1 is 0.929 bits per heavy atom. The summed E-state index contributed by atoms with van der Waals surface area (Å²) in [6, 6.07) is 12.2. The van der Waals surface area contributed by atoms with E-state index in [1.807, 2.05) is 19.1 Å². The monoisotopic (exact) mass is 499 g/mol. The van der Waals surface area contributed by atoms with Crippen molar-refractivity contribution in [1.82, 2.24) is 10.6 Å². The molecule has 0 atom stereocenters. The number of nitrogens with one attached hydrogen (secondary N) is 2. The van der Waals surface area contributed by atoms with E-state index >= 15 is 0 Å². The number of methoxy groups -OCH3 is 3. The zero-order valence-electron chi connectivity index (χ0n) is 17.2. The fourth-order valence-electron chi connectivity index (χ4n) is 2.75. The lowest BCUT2D eigenvalue weighted by atomic mass is 10.1. The van der Waals surface area contributed by atoms with Crippen LogP contribution in [0.25, 0.3) is 0 Å². The Labute approximate surface area is 184 Å². The highest BCUT2D eigenvalue weighted by atomic mass is 127. The van der Waals surface area contributed by atoms with E-state index in [-0.39, 0.29) is 24.0 Å². The van der Waals surface area contributed by atoms with Crippen molar-refractivity contribution in [3.05, 3.63) is 53.1 Å². The summed E-state index contributed by atoms with van der Waals surface area (Å²) in [5, 5.41) is 6.64. The molecule has 0 aliphatic heterocycles. The van der Waals surface area contributed by atoms with Crippen LogP contribution in [-0.4, -0.2) is 33.8 Å². The van der Waals surface area contributed by atoms with Crippen molar-refractivity contribution in [2.45, 2.75) is 26.9 Å². The van der Waals surface area contributed by atoms with Gasteiger partial charge in [-0.3, -0.25) is 0 Å². The number of aryl methyl sites for hydroxylation is 1. The van der Waals surface area contributed by atoms with E-state index in [4.69, 9.17) is 14.2 Å². The lowest BCUT2D eigenvalue weighted by Gasteiger charge is -2.14. The number of hydrogen-bond acceptors (Lipinski definition) is 4. The van der Waals surface area contributed by atoms with E-state index in [2.05, 4.69) is 46.8 Å². The van der Waals surface area contributed by atoms with Gasteiger partial charge in [-0.1, -0.05) is 29.8 Å². The Bertz CT molecular complexity index is 756. The van der Waals surface area contributed by atoms with Crippen molar-refractivity contribution in [2.24, 2.45) is 4.99 Å². The van der Waals surface area contributed by atoms with Crippen molar-refractivity contribution in [3.63, 3.8) is 0 Å². The second-order valence-electron chi connectivity index (χ2n) is 6.07. The normalized spacial score (nSPS) is 10.7. The fourth-order valence-corrected chi connectivity index (χ4v) is 2.75. The molecule has 0 radical (unpaired) electrons. The van der Waals surface area contributed by atoms with E-state index < -0.39 is 0 Å². The number of halogens is 1. The lowest BCUT2D eigenvalue weighted by molar-refractivity contribution is 0.324. The number of nitrogens with zero attached hydrogens (tertiary/aromatic N) is 1. The summed E-state index contributed by atoms with van der Waals surface area (Å²) < 4.78 is 16.2. The second kappa shape index (κ2) is 12.3. The molecule has 0 aromatic heterocycles. The first-order chi connectivity index (χ1) is 13.1. The summed E-state index contributed by atoms with van der Waals surface area (Å²) in [4.78, 5) is 4.67. The van der Waals surface area contributed by atoms with Crippen LogP contribution in [0.3, 0.4) is 0 Å². The molecule has 2 rings (SSSR count). The molecule has 2 aromatic rings. The molecule has 2 aromatic carbocycles. The van der Waals surface area contributed by atoms with Crippen LogP contribution in [0.15, 0.2) is 41.4 Å². The molecule has 0 spiro atoms. The van der Waals surface area contributed by atoms with Gasteiger partial charge in [0.2, 0.25) is 5.75 Å². The molecule has 0 saturated heterocycles. The van der Waals surface area contributed by atoms with Gasteiger partial charge in [0.25, 0.3) is 0 Å². The standard InChI is InChI=1S/C21H29N3O3.HI/c1-6-22-21(23-13-16-9-7-8-15(2)10-16)24-14-17-11-18(25-3)20(27-5)19(12-17)26-4;/h7-12H,6,13-14H2,1-5H3,(H2,22,23,24);1H. The van der Waals surface area contributed by atoms with Gasteiger partial charge in [0.05, 0.1) is 27.9 Å². The third-order valence-electron chi connectivity index (χ3n) is 4.03. The van der Waals surface area contributed by atoms with Gasteiger partial charge in [-0.2, -0.15) is 0 Å². The highest BCUT2D eigenvalue weighted by molar-refractivity contribution is 14.0. The van der Waals surface area contributed by atoms with Gasteiger partial charge >= 0.3 is 0 Å². The SMILES string of the molecule is CCNC(=NCc1cc(OC)c(OC)c(OC)c1)NCc1cccc(C)c1.I. The van der Waals surface area contributed by atoms with Crippen LogP contribution in [0.5, 0.6) is 17.2 Å². The molecule has 0 aliphatic rings. The molecule has 0 unspecified atom stereocenters. The summed E-state index contributed by atoms with van der Waals surface area (Å²) in [6.45, 7) is 6.12. The van der Waals surface area contributed by atoms with Crippen molar-refractivity contribution in [2.75, 3.05) is 27.9 Å². The molecule has 0 bridgehead atoms. The van der Waals surface area contributed by atoms with Gasteiger partial charge in [0.15, 0.2) is 17.5 Å². The Balaban J connectivity index is 0.00000392. The molecule has 0 amide bonds. The van der Waals surface area contributed by atoms with Crippen LogP contribution in [0, 0.1) is 6.92 Å². The molecular formula is C21H30IN3O3.